The molecule has 0 aromatic heterocycles. The van der Waals surface area contributed by atoms with Crippen LogP contribution in [0.2, 0.25) is 0 Å². The zero-order valence-corrected chi connectivity index (χ0v) is 11.0. The molecule has 1 aromatic rings. The van der Waals surface area contributed by atoms with Crippen LogP contribution in [0.15, 0.2) is 38.6 Å². The first-order valence-corrected chi connectivity index (χ1v) is 7.12. The molecule has 0 aliphatic carbocycles. The van der Waals surface area contributed by atoms with Crippen LogP contribution < -0.4 is 0 Å². The summed E-state index contributed by atoms with van der Waals surface area (Å²) < 4.78 is 1.07. The largest absolute Gasteiger partial charge is 0.272 e. The molecule has 2 rings (SSSR count). The fraction of sp³-hybridized carbons (Fsp3) is 0.200. The number of amides is 1. The molecule has 0 saturated heterocycles. The molecule has 1 amide bonds. The van der Waals surface area contributed by atoms with Gasteiger partial charge < -0.3 is 0 Å². The van der Waals surface area contributed by atoms with E-state index in [0.717, 1.165) is 15.3 Å². The fourth-order valence-electron chi connectivity index (χ4n) is 1.12. The molecule has 5 heteroatoms. The van der Waals surface area contributed by atoms with Crippen LogP contribution in [0.5, 0.6) is 0 Å². The van der Waals surface area contributed by atoms with Crippen molar-refractivity contribution >= 4 is 50.4 Å². The second-order valence-electron chi connectivity index (χ2n) is 2.93. The number of carbonyl (C=O) groups is 1. The summed E-state index contributed by atoms with van der Waals surface area (Å²) in [7, 11) is 0. The molecule has 0 N–H and O–H groups in total. The van der Waals surface area contributed by atoms with Crippen LogP contribution in [-0.4, -0.2) is 22.5 Å². The van der Waals surface area contributed by atoms with E-state index in [-0.39, 0.29) is 5.91 Å². The molecule has 0 spiro atoms. The molecule has 0 radical (unpaired) electrons. The first kappa shape index (κ1) is 11.2. The monoisotopic (exact) mass is 301 g/mol. The Labute approximate surface area is 105 Å². The minimum absolute atomic E-state index is 0.00941. The molecule has 2 nitrogen and oxygen atoms in total. The van der Waals surface area contributed by atoms with Crippen molar-refractivity contribution in [2.45, 2.75) is 4.90 Å². The SMILES string of the molecule is O=C1CSC(CSc2cccc(Br)c2)=N1. The van der Waals surface area contributed by atoms with Crippen LogP contribution in [-0.2, 0) is 4.79 Å². The molecule has 15 heavy (non-hydrogen) atoms. The summed E-state index contributed by atoms with van der Waals surface area (Å²) >= 11 is 6.66. The highest BCUT2D eigenvalue weighted by molar-refractivity contribution is 9.10. The van der Waals surface area contributed by atoms with Crippen molar-refractivity contribution < 1.29 is 4.79 Å². The molecule has 0 atom stereocenters. The van der Waals surface area contributed by atoms with Crippen LogP contribution in [0, 0.1) is 0 Å². The number of nitrogens with zero attached hydrogens (tertiary/aromatic N) is 1. The highest BCUT2D eigenvalue weighted by Gasteiger charge is 2.14. The van der Waals surface area contributed by atoms with Gasteiger partial charge in [0.15, 0.2) is 0 Å². The Balaban J connectivity index is 1.93. The normalized spacial score (nSPS) is 15.5. The summed E-state index contributed by atoms with van der Waals surface area (Å²) in [6.45, 7) is 0. The van der Waals surface area contributed by atoms with Crippen molar-refractivity contribution in [3.63, 3.8) is 0 Å². The third kappa shape index (κ3) is 3.36. The first-order valence-electron chi connectivity index (χ1n) is 4.35. The standard InChI is InChI=1S/C10H8BrNOS2/c11-7-2-1-3-8(4-7)14-6-10-12-9(13)5-15-10/h1-4H,5-6H2. The maximum Gasteiger partial charge on any atom is 0.256 e. The van der Waals surface area contributed by atoms with Crippen molar-refractivity contribution in [1.82, 2.24) is 0 Å². The summed E-state index contributed by atoms with van der Waals surface area (Å²) in [6, 6.07) is 8.11. The fourth-order valence-corrected chi connectivity index (χ4v) is 3.45. The van der Waals surface area contributed by atoms with Gasteiger partial charge in [0.1, 0.15) is 0 Å². The quantitative estimate of drug-likeness (QED) is 0.803. The zero-order valence-electron chi connectivity index (χ0n) is 7.77. The highest BCUT2D eigenvalue weighted by atomic mass is 79.9. The van der Waals surface area contributed by atoms with Gasteiger partial charge in [-0.05, 0) is 18.2 Å². The second kappa shape index (κ2) is 5.18. The van der Waals surface area contributed by atoms with Gasteiger partial charge >= 0.3 is 0 Å². The van der Waals surface area contributed by atoms with Crippen LogP contribution in [0.3, 0.4) is 0 Å². The number of halogens is 1. The number of carbonyl (C=O) groups excluding carboxylic acids is 1. The van der Waals surface area contributed by atoms with E-state index in [9.17, 15) is 4.79 Å². The number of thioether (sulfide) groups is 2. The Morgan fingerprint density at radius 2 is 2.40 bits per heavy atom. The molecule has 0 unspecified atom stereocenters. The molecule has 1 aromatic carbocycles. The lowest BCUT2D eigenvalue weighted by atomic mass is 10.4. The van der Waals surface area contributed by atoms with Crippen LogP contribution >= 0.6 is 39.5 Å². The van der Waals surface area contributed by atoms with Crippen molar-refractivity contribution in [3.05, 3.63) is 28.7 Å². The zero-order chi connectivity index (χ0) is 10.7. The Morgan fingerprint density at radius 3 is 3.07 bits per heavy atom. The van der Waals surface area contributed by atoms with Gasteiger partial charge in [-0.25, -0.2) is 4.99 Å². The van der Waals surface area contributed by atoms with Crippen molar-refractivity contribution in [3.8, 4) is 0 Å². The number of aliphatic imine (C=N–C) groups is 1. The van der Waals surface area contributed by atoms with Crippen LogP contribution in [0.1, 0.15) is 0 Å². The lowest BCUT2D eigenvalue weighted by molar-refractivity contribution is -0.115. The van der Waals surface area contributed by atoms with Gasteiger partial charge in [-0.3, -0.25) is 4.79 Å². The molecule has 0 bridgehead atoms. The molecule has 78 valence electrons. The van der Waals surface area contributed by atoms with Gasteiger partial charge in [0.2, 0.25) is 0 Å². The van der Waals surface area contributed by atoms with E-state index in [0.29, 0.717) is 5.75 Å². The maximum atomic E-state index is 10.9. The lowest BCUT2D eigenvalue weighted by Crippen LogP contribution is -1.91. The summed E-state index contributed by atoms with van der Waals surface area (Å²) in [6.07, 6.45) is 0. The summed E-state index contributed by atoms with van der Waals surface area (Å²) in [5.41, 5.74) is 0. The van der Waals surface area contributed by atoms with E-state index in [1.165, 1.54) is 4.90 Å². The molecular weight excluding hydrogens is 294 g/mol. The van der Waals surface area contributed by atoms with Gasteiger partial charge in [-0.1, -0.05) is 33.8 Å². The second-order valence-corrected chi connectivity index (χ2v) is 5.95. The van der Waals surface area contributed by atoms with Gasteiger partial charge in [-0.2, -0.15) is 0 Å². The predicted octanol–water partition coefficient (Wildman–Crippen LogP) is 3.21. The number of rotatable bonds is 3. The van der Waals surface area contributed by atoms with E-state index in [1.807, 2.05) is 12.1 Å². The first-order chi connectivity index (χ1) is 7.24. The number of benzene rings is 1. The average Bonchev–Trinajstić information content (AvgIpc) is 2.62. The summed E-state index contributed by atoms with van der Waals surface area (Å²) in [5.74, 6) is 1.28. The minimum Gasteiger partial charge on any atom is -0.272 e. The van der Waals surface area contributed by atoms with Crippen molar-refractivity contribution in [1.29, 1.82) is 0 Å². The van der Waals surface area contributed by atoms with Crippen molar-refractivity contribution in [2.75, 3.05) is 11.5 Å². The van der Waals surface area contributed by atoms with Gasteiger partial charge in [0.05, 0.1) is 10.8 Å². The summed E-state index contributed by atoms with van der Waals surface area (Å²) in [4.78, 5) is 16.0. The number of hydrogen-bond acceptors (Lipinski definition) is 3. The van der Waals surface area contributed by atoms with E-state index >= 15 is 0 Å². The topological polar surface area (TPSA) is 29.4 Å². The van der Waals surface area contributed by atoms with E-state index in [1.54, 1.807) is 23.5 Å². The summed E-state index contributed by atoms with van der Waals surface area (Å²) in [5, 5.41) is 0.935. The van der Waals surface area contributed by atoms with E-state index < -0.39 is 0 Å². The molecular formula is C10H8BrNOS2. The van der Waals surface area contributed by atoms with Gasteiger partial charge in [-0.15, -0.1) is 11.8 Å². The predicted molar refractivity (Wildman–Crippen MR) is 69.8 cm³/mol. The van der Waals surface area contributed by atoms with Crippen LogP contribution in [0.4, 0.5) is 0 Å². The van der Waals surface area contributed by atoms with Crippen molar-refractivity contribution in [2.24, 2.45) is 4.99 Å². The Morgan fingerprint density at radius 1 is 1.53 bits per heavy atom. The third-order valence-corrected chi connectivity index (χ3v) is 4.41. The van der Waals surface area contributed by atoms with Gasteiger partial charge in [0, 0.05) is 15.1 Å². The van der Waals surface area contributed by atoms with Crippen LogP contribution in [0.25, 0.3) is 0 Å². The van der Waals surface area contributed by atoms with E-state index in [4.69, 9.17) is 0 Å². The molecule has 1 aliphatic heterocycles. The molecule has 0 fully saturated rings. The minimum atomic E-state index is -0.00941. The number of hydrogen-bond donors (Lipinski definition) is 0. The Bertz CT molecular complexity index is 420. The average molecular weight is 302 g/mol. The van der Waals surface area contributed by atoms with E-state index in [2.05, 4.69) is 33.1 Å². The molecule has 1 aliphatic rings. The maximum absolute atomic E-state index is 10.9. The highest BCUT2D eigenvalue weighted by Crippen LogP contribution is 2.25. The lowest BCUT2D eigenvalue weighted by Gasteiger charge is -2.00. The molecule has 1 heterocycles. The van der Waals surface area contributed by atoms with Gasteiger partial charge in [0.25, 0.3) is 5.91 Å². The third-order valence-electron chi connectivity index (χ3n) is 1.77. The Hall–Kier alpha value is -0.260. The molecule has 0 saturated carbocycles. The smallest absolute Gasteiger partial charge is 0.256 e. The Kier molecular flexibility index (Phi) is 3.88.